The maximum atomic E-state index is 5.77. The first-order valence-electron chi connectivity index (χ1n) is 11.5. The summed E-state index contributed by atoms with van der Waals surface area (Å²) in [5.41, 5.74) is 1.81. The van der Waals surface area contributed by atoms with Crippen LogP contribution in [0.5, 0.6) is 17.2 Å². The number of tetrazole rings is 1. The summed E-state index contributed by atoms with van der Waals surface area (Å²) in [6.07, 6.45) is 0. The molecule has 2 heterocycles. The highest BCUT2D eigenvalue weighted by molar-refractivity contribution is 5.58. The van der Waals surface area contributed by atoms with E-state index in [0.717, 1.165) is 60.5 Å². The Morgan fingerprint density at radius 2 is 1.56 bits per heavy atom. The van der Waals surface area contributed by atoms with Crippen LogP contribution >= 0.6 is 0 Å². The lowest BCUT2D eigenvalue weighted by molar-refractivity contribution is 0.188. The lowest BCUT2D eigenvalue weighted by Crippen LogP contribution is -2.49. The van der Waals surface area contributed by atoms with Crippen LogP contribution in [0.15, 0.2) is 42.5 Å². The van der Waals surface area contributed by atoms with Crippen LogP contribution in [0.2, 0.25) is 0 Å². The molecule has 0 bridgehead atoms. The maximum Gasteiger partial charge on any atom is 0.173 e. The van der Waals surface area contributed by atoms with Gasteiger partial charge in [0.1, 0.15) is 23.3 Å². The molecule has 0 N–H and O–H groups in total. The van der Waals surface area contributed by atoms with Gasteiger partial charge in [-0.05, 0) is 61.5 Å². The Labute approximate surface area is 201 Å². The first-order chi connectivity index (χ1) is 16.4. The largest absolute Gasteiger partial charge is 0.497 e. The molecule has 3 aromatic rings. The fraction of sp³-hybridized carbons (Fsp3) is 0.480. The summed E-state index contributed by atoms with van der Waals surface area (Å²) >= 11 is 0. The Balaban J connectivity index is 1.72. The van der Waals surface area contributed by atoms with Crippen molar-refractivity contribution in [2.45, 2.75) is 32.4 Å². The van der Waals surface area contributed by atoms with Crippen LogP contribution in [0.25, 0.3) is 0 Å². The van der Waals surface area contributed by atoms with E-state index in [0.29, 0.717) is 0 Å². The average Bonchev–Trinajstić information content (AvgIpc) is 3.35. The maximum absolute atomic E-state index is 5.77. The second-order valence-corrected chi connectivity index (χ2v) is 9.32. The molecule has 1 saturated heterocycles. The van der Waals surface area contributed by atoms with Gasteiger partial charge in [-0.15, -0.1) is 5.10 Å². The van der Waals surface area contributed by atoms with Gasteiger partial charge in [-0.3, -0.25) is 4.90 Å². The molecule has 0 spiro atoms. The molecule has 1 fully saturated rings. The summed E-state index contributed by atoms with van der Waals surface area (Å²) in [6.45, 7) is 9.64. The standard InChI is InChI=1S/C25H34N6O3/c1-25(2,3)31-24(26-27-28-31)23(19-17-18(32-4)11-12-21(19)33-5)30-15-13-29(14-16-30)20-9-7-8-10-22(20)34-6/h7-12,17,23H,13-16H2,1-6H3/t23-/m1/s1. The van der Waals surface area contributed by atoms with Crippen molar-refractivity contribution < 1.29 is 14.2 Å². The predicted molar refractivity (Wildman–Crippen MR) is 131 cm³/mol. The molecular formula is C25H34N6O3. The van der Waals surface area contributed by atoms with Crippen LogP contribution in [0.1, 0.15) is 38.2 Å². The molecule has 9 heteroatoms. The molecule has 2 aromatic carbocycles. The normalized spacial score (nSPS) is 15.8. The van der Waals surface area contributed by atoms with Crippen LogP contribution in [-0.4, -0.2) is 72.6 Å². The lowest BCUT2D eigenvalue weighted by atomic mass is 10.00. The zero-order valence-corrected chi connectivity index (χ0v) is 20.9. The zero-order chi connectivity index (χ0) is 24.3. The van der Waals surface area contributed by atoms with Crippen molar-refractivity contribution in [3.63, 3.8) is 0 Å². The quantitative estimate of drug-likeness (QED) is 0.525. The molecule has 4 rings (SSSR count). The molecule has 0 saturated carbocycles. The monoisotopic (exact) mass is 466 g/mol. The summed E-state index contributed by atoms with van der Waals surface area (Å²) in [7, 11) is 5.08. The molecule has 0 amide bonds. The predicted octanol–water partition coefficient (Wildman–Crippen LogP) is 3.37. The molecule has 1 aliphatic rings. The number of methoxy groups -OCH3 is 3. The van der Waals surface area contributed by atoms with Crippen LogP contribution < -0.4 is 19.1 Å². The van der Waals surface area contributed by atoms with Crippen molar-refractivity contribution in [1.29, 1.82) is 0 Å². The van der Waals surface area contributed by atoms with Gasteiger partial charge in [0.25, 0.3) is 0 Å². The third-order valence-electron chi connectivity index (χ3n) is 6.21. The highest BCUT2D eigenvalue weighted by Gasteiger charge is 2.35. The van der Waals surface area contributed by atoms with Gasteiger partial charge >= 0.3 is 0 Å². The fourth-order valence-electron chi connectivity index (χ4n) is 4.51. The van der Waals surface area contributed by atoms with E-state index in [1.807, 2.05) is 41.1 Å². The van der Waals surface area contributed by atoms with E-state index < -0.39 is 0 Å². The third kappa shape index (κ3) is 4.65. The van der Waals surface area contributed by atoms with Crippen LogP contribution in [-0.2, 0) is 5.54 Å². The number of ether oxygens (including phenoxy) is 3. The Morgan fingerprint density at radius 3 is 2.21 bits per heavy atom. The van der Waals surface area contributed by atoms with E-state index in [1.54, 1.807) is 21.3 Å². The Kier molecular flexibility index (Phi) is 6.92. The highest BCUT2D eigenvalue weighted by atomic mass is 16.5. The molecule has 1 aliphatic heterocycles. The minimum absolute atomic E-state index is 0.195. The smallest absolute Gasteiger partial charge is 0.173 e. The van der Waals surface area contributed by atoms with Gasteiger partial charge < -0.3 is 19.1 Å². The minimum Gasteiger partial charge on any atom is -0.497 e. The van der Waals surface area contributed by atoms with Gasteiger partial charge in [0.15, 0.2) is 5.82 Å². The van der Waals surface area contributed by atoms with E-state index >= 15 is 0 Å². The summed E-state index contributed by atoms with van der Waals surface area (Å²) in [5, 5.41) is 12.9. The number of aromatic nitrogens is 4. The number of piperazine rings is 1. The summed E-state index contributed by atoms with van der Waals surface area (Å²) in [6, 6.07) is 13.8. The third-order valence-corrected chi connectivity index (χ3v) is 6.21. The second-order valence-electron chi connectivity index (χ2n) is 9.32. The van der Waals surface area contributed by atoms with E-state index in [9.17, 15) is 0 Å². The zero-order valence-electron chi connectivity index (χ0n) is 20.9. The van der Waals surface area contributed by atoms with Crippen LogP contribution in [0.3, 0.4) is 0 Å². The number of anilines is 1. The van der Waals surface area contributed by atoms with E-state index in [2.05, 4.69) is 52.2 Å². The minimum atomic E-state index is -0.275. The molecular weight excluding hydrogens is 432 g/mol. The molecule has 1 aromatic heterocycles. The van der Waals surface area contributed by atoms with Gasteiger partial charge in [-0.25, -0.2) is 4.68 Å². The van der Waals surface area contributed by atoms with Crippen molar-refractivity contribution in [3.05, 3.63) is 53.9 Å². The van der Waals surface area contributed by atoms with Gasteiger partial charge in [0.2, 0.25) is 0 Å². The lowest BCUT2D eigenvalue weighted by Gasteiger charge is -2.41. The highest BCUT2D eigenvalue weighted by Crippen LogP contribution is 2.38. The number of nitrogens with zero attached hydrogens (tertiary/aromatic N) is 6. The molecule has 0 radical (unpaired) electrons. The molecule has 182 valence electrons. The van der Waals surface area contributed by atoms with Crippen molar-refractivity contribution >= 4 is 5.69 Å². The van der Waals surface area contributed by atoms with Crippen molar-refractivity contribution in [2.24, 2.45) is 0 Å². The van der Waals surface area contributed by atoms with Crippen molar-refractivity contribution in [2.75, 3.05) is 52.4 Å². The molecule has 0 aliphatic carbocycles. The summed E-state index contributed by atoms with van der Waals surface area (Å²) < 4.78 is 18.8. The SMILES string of the molecule is COc1ccc(OC)c([C@H](c2nnnn2C(C)(C)C)N2CCN(c3ccccc3OC)CC2)c1. The first kappa shape index (κ1) is 23.8. The number of hydrogen-bond acceptors (Lipinski definition) is 8. The number of para-hydroxylation sites is 2. The summed E-state index contributed by atoms with van der Waals surface area (Å²) in [5.74, 6) is 3.22. The Morgan fingerprint density at radius 1 is 0.853 bits per heavy atom. The number of benzene rings is 2. The van der Waals surface area contributed by atoms with Gasteiger partial charge in [-0.1, -0.05) is 12.1 Å². The van der Waals surface area contributed by atoms with E-state index in [-0.39, 0.29) is 11.6 Å². The molecule has 9 nitrogen and oxygen atoms in total. The van der Waals surface area contributed by atoms with Gasteiger partial charge in [0, 0.05) is 31.7 Å². The van der Waals surface area contributed by atoms with Crippen molar-refractivity contribution in [3.8, 4) is 17.2 Å². The molecule has 1 atom stereocenters. The Bertz CT molecular complexity index is 1100. The van der Waals surface area contributed by atoms with Crippen LogP contribution in [0.4, 0.5) is 5.69 Å². The van der Waals surface area contributed by atoms with Gasteiger partial charge in [0.05, 0.1) is 32.6 Å². The number of rotatable bonds is 7. The van der Waals surface area contributed by atoms with E-state index in [1.165, 1.54) is 0 Å². The Hall–Kier alpha value is -3.33. The molecule has 34 heavy (non-hydrogen) atoms. The molecule has 0 unspecified atom stereocenters. The summed E-state index contributed by atoms with van der Waals surface area (Å²) in [4.78, 5) is 4.78. The van der Waals surface area contributed by atoms with Gasteiger partial charge in [-0.2, -0.15) is 0 Å². The number of hydrogen-bond donors (Lipinski definition) is 0. The topological polar surface area (TPSA) is 77.8 Å². The second kappa shape index (κ2) is 9.89. The first-order valence-corrected chi connectivity index (χ1v) is 11.5. The van der Waals surface area contributed by atoms with Crippen molar-refractivity contribution in [1.82, 2.24) is 25.1 Å². The fourth-order valence-corrected chi connectivity index (χ4v) is 4.51. The van der Waals surface area contributed by atoms with E-state index in [4.69, 9.17) is 14.2 Å². The van der Waals surface area contributed by atoms with Crippen LogP contribution in [0, 0.1) is 0 Å². The average molecular weight is 467 g/mol.